The van der Waals surface area contributed by atoms with Crippen LogP contribution >= 0.6 is 0 Å². The number of carboxylic acids is 1. The molecule has 0 aliphatic carbocycles. The first-order valence-electron chi connectivity index (χ1n) is 7.69. The standard InChI is InChI=1S/C19H16O6/c1-10(19(23)24-2)11-7-8-15-14(9-11)16(20)12-5-3-4-6-13(12)17(25-15)18(21)22/h3-10,17H,1-2H3,(H,21,22). The van der Waals surface area contributed by atoms with E-state index in [2.05, 4.69) is 0 Å². The smallest absolute Gasteiger partial charge is 0.349 e. The van der Waals surface area contributed by atoms with Crippen LogP contribution in [-0.2, 0) is 14.3 Å². The molecule has 3 rings (SSSR count). The Balaban J connectivity index is 2.15. The van der Waals surface area contributed by atoms with Crippen molar-refractivity contribution in [1.82, 2.24) is 0 Å². The quantitative estimate of drug-likeness (QED) is 0.864. The predicted molar refractivity (Wildman–Crippen MR) is 87.8 cm³/mol. The summed E-state index contributed by atoms with van der Waals surface area (Å²) in [6.07, 6.45) is -1.27. The highest BCUT2D eigenvalue weighted by atomic mass is 16.5. The number of carboxylic acid groups (broad SMARTS) is 1. The number of carbonyl (C=O) groups excluding carboxylic acids is 2. The van der Waals surface area contributed by atoms with Crippen molar-refractivity contribution in [2.24, 2.45) is 0 Å². The predicted octanol–water partition coefficient (Wildman–Crippen LogP) is 2.71. The first kappa shape index (κ1) is 16.7. The van der Waals surface area contributed by atoms with E-state index in [1.54, 1.807) is 43.3 Å². The maximum absolute atomic E-state index is 12.9. The molecule has 0 bridgehead atoms. The molecule has 2 aromatic rings. The van der Waals surface area contributed by atoms with Gasteiger partial charge in [-0.2, -0.15) is 0 Å². The molecule has 6 nitrogen and oxygen atoms in total. The molecular weight excluding hydrogens is 324 g/mol. The van der Waals surface area contributed by atoms with Gasteiger partial charge in [0.1, 0.15) is 5.75 Å². The summed E-state index contributed by atoms with van der Waals surface area (Å²) in [6.45, 7) is 1.67. The van der Waals surface area contributed by atoms with Crippen molar-refractivity contribution < 1.29 is 29.0 Å². The largest absolute Gasteiger partial charge is 0.478 e. The van der Waals surface area contributed by atoms with Crippen LogP contribution in [0.25, 0.3) is 0 Å². The lowest BCUT2D eigenvalue weighted by Gasteiger charge is -2.15. The third-order valence-electron chi connectivity index (χ3n) is 4.26. The van der Waals surface area contributed by atoms with E-state index in [-0.39, 0.29) is 22.7 Å². The summed E-state index contributed by atoms with van der Waals surface area (Å²) in [6, 6.07) is 11.2. The molecule has 128 valence electrons. The van der Waals surface area contributed by atoms with E-state index in [0.717, 1.165) is 0 Å². The first-order valence-corrected chi connectivity index (χ1v) is 7.69. The molecule has 0 radical (unpaired) electrons. The van der Waals surface area contributed by atoms with Gasteiger partial charge in [-0.1, -0.05) is 30.3 Å². The van der Waals surface area contributed by atoms with Crippen LogP contribution in [0, 0.1) is 0 Å². The summed E-state index contributed by atoms with van der Waals surface area (Å²) >= 11 is 0. The third kappa shape index (κ3) is 2.87. The molecule has 0 aromatic heterocycles. The molecule has 6 heteroatoms. The molecule has 25 heavy (non-hydrogen) atoms. The van der Waals surface area contributed by atoms with Crippen molar-refractivity contribution in [3.63, 3.8) is 0 Å². The molecule has 1 aliphatic rings. The van der Waals surface area contributed by atoms with E-state index in [9.17, 15) is 19.5 Å². The number of carbonyl (C=O) groups is 3. The van der Waals surface area contributed by atoms with Crippen molar-refractivity contribution >= 4 is 17.7 Å². The van der Waals surface area contributed by atoms with E-state index >= 15 is 0 Å². The van der Waals surface area contributed by atoms with E-state index in [4.69, 9.17) is 9.47 Å². The zero-order chi connectivity index (χ0) is 18.1. The highest BCUT2D eigenvalue weighted by molar-refractivity contribution is 6.13. The van der Waals surface area contributed by atoms with Crippen LogP contribution in [-0.4, -0.2) is 29.9 Å². The van der Waals surface area contributed by atoms with Crippen molar-refractivity contribution in [3.05, 3.63) is 64.7 Å². The van der Waals surface area contributed by atoms with Crippen molar-refractivity contribution in [2.45, 2.75) is 18.9 Å². The first-order chi connectivity index (χ1) is 11.9. The lowest BCUT2D eigenvalue weighted by atomic mass is 9.93. The van der Waals surface area contributed by atoms with Gasteiger partial charge >= 0.3 is 11.9 Å². The molecule has 1 heterocycles. The Bertz CT molecular complexity index is 870. The van der Waals surface area contributed by atoms with Crippen LogP contribution in [0.5, 0.6) is 5.75 Å². The number of ketones is 1. The van der Waals surface area contributed by atoms with E-state index < -0.39 is 24.0 Å². The van der Waals surface area contributed by atoms with Gasteiger partial charge in [0.05, 0.1) is 18.6 Å². The van der Waals surface area contributed by atoms with Crippen LogP contribution in [0.15, 0.2) is 42.5 Å². The maximum atomic E-state index is 12.9. The Morgan fingerprint density at radius 3 is 2.56 bits per heavy atom. The highest BCUT2D eigenvalue weighted by Crippen LogP contribution is 2.36. The summed E-state index contributed by atoms with van der Waals surface area (Å²) in [5.74, 6) is -2.33. The van der Waals surface area contributed by atoms with E-state index in [1.165, 1.54) is 13.2 Å². The lowest BCUT2D eigenvalue weighted by molar-refractivity contribution is -0.145. The van der Waals surface area contributed by atoms with Gasteiger partial charge in [-0.25, -0.2) is 4.79 Å². The topological polar surface area (TPSA) is 89.9 Å². The number of benzene rings is 2. The Kier molecular flexibility index (Phi) is 4.27. The van der Waals surface area contributed by atoms with Gasteiger partial charge in [-0.05, 0) is 24.6 Å². The minimum absolute atomic E-state index is 0.175. The van der Waals surface area contributed by atoms with E-state index in [1.807, 2.05) is 0 Å². The molecule has 2 aromatic carbocycles. The molecule has 0 saturated heterocycles. The zero-order valence-corrected chi connectivity index (χ0v) is 13.7. The van der Waals surface area contributed by atoms with Crippen LogP contribution in [0.3, 0.4) is 0 Å². The number of esters is 1. The second-order valence-electron chi connectivity index (χ2n) is 5.75. The third-order valence-corrected chi connectivity index (χ3v) is 4.26. The number of rotatable bonds is 3. The second kappa shape index (κ2) is 6.39. The second-order valence-corrected chi connectivity index (χ2v) is 5.75. The van der Waals surface area contributed by atoms with Crippen LogP contribution in [0.1, 0.15) is 46.0 Å². The van der Waals surface area contributed by atoms with Crippen LogP contribution in [0.4, 0.5) is 0 Å². The summed E-state index contributed by atoms with van der Waals surface area (Å²) in [5, 5.41) is 9.47. The van der Waals surface area contributed by atoms with Crippen LogP contribution in [0.2, 0.25) is 0 Å². The Labute approximate surface area is 144 Å². The average Bonchev–Trinajstić information content (AvgIpc) is 2.75. The Hall–Kier alpha value is -3.15. The SMILES string of the molecule is COC(=O)C(C)c1ccc2c(c1)C(=O)c1ccccc1C(C(=O)O)O2. The van der Waals surface area contributed by atoms with Gasteiger partial charge in [-0.15, -0.1) is 0 Å². The summed E-state index contributed by atoms with van der Waals surface area (Å²) in [4.78, 5) is 36.3. The fourth-order valence-corrected chi connectivity index (χ4v) is 2.86. The highest BCUT2D eigenvalue weighted by Gasteiger charge is 2.33. The lowest BCUT2D eigenvalue weighted by Crippen LogP contribution is -2.18. The van der Waals surface area contributed by atoms with Gasteiger partial charge in [-0.3, -0.25) is 9.59 Å². The fourth-order valence-electron chi connectivity index (χ4n) is 2.86. The van der Waals surface area contributed by atoms with Crippen LogP contribution < -0.4 is 4.74 Å². The minimum atomic E-state index is -1.27. The minimum Gasteiger partial charge on any atom is -0.478 e. The molecule has 0 spiro atoms. The number of methoxy groups -OCH3 is 1. The molecule has 2 unspecified atom stereocenters. The van der Waals surface area contributed by atoms with Gasteiger partial charge in [0.25, 0.3) is 0 Å². The van der Waals surface area contributed by atoms with Crippen molar-refractivity contribution in [2.75, 3.05) is 7.11 Å². The molecule has 1 aliphatic heterocycles. The number of hydrogen-bond donors (Lipinski definition) is 1. The summed E-state index contributed by atoms with van der Waals surface area (Å²) in [5.41, 5.74) is 1.40. The summed E-state index contributed by atoms with van der Waals surface area (Å²) < 4.78 is 10.3. The summed E-state index contributed by atoms with van der Waals surface area (Å²) in [7, 11) is 1.30. The molecule has 0 saturated carbocycles. The molecule has 0 amide bonds. The Morgan fingerprint density at radius 2 is 1.88 bits per heavy atom. The zero-order valence-electron chi connectivity index (χ0n) is 13.7. The number of fused-ring (bicyclic) bond motifs is 2. The van der Waals surface area contributed by atoms with Gasteiger partial charge in [0.2, 0.25) is 6.10 Å². The Morgan fingerprint density at radius 1 is 1.16 bits per heavy atom. The van der Waals surface area contributed by atoms with Crippen molar-refractivity contribution in [1.29, 1.82) is 0 Å². The molecule has 2 atom stereocenters. The molecule has 0 fully saturated rings. The van der Waals surface area contributed by atoms with Gasteiger partial charge in [0, 0.05) is 11.1 Å². The number of hydrogen-bond acceptors (Lipinski definition) is 5. The number of aliphatic carboxylic acids is 1. The normalized spacial score (nSPS) is 16.7. The maximum Gasteiger partial charge on any atom is 0.349 e. The average molecular weight is 340 g/mol. The number of ether oxygens (including phenoxy) is 2. The van der Waals surface area contributed by atoms with E-state index in [0.29, 0.717) is 11.1 Å². The molecule has 1 N–H and O–H groups in total. The van der Waals surface area contributed by atoms with Gasteiger partial charge in [0.15, 0.2) is 5.78 Å². The van der Waals surface area contributed by atoms with Crippen molar-refractivity contribution in [3.8, 4) is 5.75 Å². The van der Waals surface area contributed by atoms with Gasteiger partial charge < -0.3 is 14.6 Å². The monoisotopic (exact) mass is 340 g/mol. The molecular formula is C19H16O6. The fraction of sp³-hybridized carbons (Fsp3) is 0.211.